The van der Waals surface area contributed by atoms with Crippen molar-refractivity contribution in [3.63, 3.8) is 0 Å². The molecule has 2 nitrogen and oxygen atoms in total. The molecule has 1 rings (SSSR count). The summed E-state index contributed by atoms with van der Waals surface area (Å²) in [6.45, 7) is 7.63. The fourth-order valence-electron chi connectivity index (χ4n) is 1.03. The summed E-state index contributed by atoms with van der Waals surface area (Å²) in [6, 6.07) is 10.3. The van der Waals surface area contributed by atoms with Crippen molar-refractivity contribution >= 4 is 5.97 Å². The van der Waals surface area contributed by atoms with Crippen LogP contribution in [-0.2, 0) is 4.79 Å². The first kappa shape index (κ1) is 18.1. The minimum atomic E-state index is -0.833. The maximum atomic E-state index is 9.00. The van der Waals surface area contributed by atoms with Crippen molar-refractivity contribution in [1.82, 2.24) is 0 Å². The number of hydrogen-bond acceptors (Lipinski definition) is 1. The number of aliphatic carboxylic acids is 1. The first-order valence-electron chi connectivity index (χ1n) is 6.25. The molecule has 0 aromatic heterocycles. The third kappa shape index (κ3) is 25.2. The number of unbranched alkanes of at least 4 members (excludes halogenated alkanes) is 3. The number of carboxylic acids is 1. The minimum absolute atomic E-state index is 0.833. The molecule has 0 saturated heterocycles. The zero-order valence-corrected chi connectivity index (χ0v) is 11.6. The average molecular weight is 238 g/mol. The molecule has 1 N–H and O–H groups in total. The van der Waals surface area contributed by atoms with Gasteiger partial charge in [-0.15, -0.1) is 0 Å². The Morgan fingerprint density at radius 3 is 1.59 bits per heavy atom. The van der Waals surface area contributed by atoms with Crippen LogP contribution in [0.3, 0.4) is 0 Å². The summed E-state index contributed by atoms with van der Waals surface area (Å²) in [7, 11) is 0. The van der Waals surface area contributed by atoms with Gasteiger partial charge in [-0.25, -0.2) is 0 Å². The summed E-state index contributed by atoms with van der Waals surface area (Å²) >= 11 is 0. The monoisotopic (exact) mass is 238 g/mol. The Morgan fingerprint density at radius 2 is 1.41 bits per heavy atom. The minimum Gasteiger partial charge on any atom is -0.481 e. The first-order valence-corrected chi connectivity index (χ1v) is 6.25. The van der Waals surface area contributed by atoms with Crippen LogP contribution in [0.4, 0.5) is 0 Å². The highest BCUT2D eigenvalue weighted by molar-refractivity contribution is 5.62. The third-order valence-electron chi connectivity index (χ3n) is 1.90. The van der Waals surface area contributed by atoms with Crippen LogP contribution < -0.4 is 0 Å². The molecule has 0 aliphatic heterocycles. The molecule has 0 aliphatic rings. The summed E-state index contributed by atoms with van der Waals surface area (Å²) in [5.41, 5.74) is 1.32. The van der Waals surface area contributed by atoms with Gasteiger partial charge in [0, 0.05) is 6.92 Å². The van der Waals surface area contributed by atoms with Gasteiger partial charge in [-0.05, 0) is 6.92 Å². The van der Waals surface area contributed by atoms with E-state index in [2.05, 4.69) is 32.9 Å². The lowest BCUT2D eigenvalue weighted by Gasteiger charge is -1.86. The topological polar surface area (TPSA) is 37.3 Å². The molecular formula is C15H26O2. The smallest absolute Gasteiger partial charge is 0.300 e. The molecule has 98 valence electrons. The molecule has 0 bridgehead atoms. The van der Waals surface area contributed by atoms with E-state index in [4.69, 9.17) is 9.90 Å². The number of aryl methyl sites for hydroxylation is 1. The van der Waals surface area contributed by atoms with Crippen LogP contribution in [0, 0.1) is 6.92 Å². The Balaban J connectivity index is 0. The Bertz CT molecular complexity index is 247. The molecule has 0 heterocycles. The van der Waals surface area contributed by atoms with Crippen LogP contribution in [0.1, 0.15) is 52.0 Å². The van der Waals surface area contributed by atoms with Crippen LogP contribution in [0.2, 0.25) is 0 Å². The van der Waals surface area contributed by atoms with Crippen molar-refractivity contribution in [2.24, 2.45) is 0 Å². The van der Waals surface area contributed by atoms with Crippen LogP contribution in [0.15, 0.2) is 30.3 Å². The second-order valence-corrected chi connectivity index (χ2v) is 3.88. The maximum Gasteiger partial charge on any atom is 0.300 e. The molecular weight excluding hydrogens is 212 g/mol. The molecule has 0 atom stereocenters. The fourth-order valence-corrected chi connectivity index (χ4v) is 1.03. The normalized spacial score (nSPS) is 8.24. The second kappa shape index (κ2) is 14.7. The predicted octanol–water partition coefficient (Wildman–Crippen LogP) is 4.67. The Kier molecular flexibility index (Phi) is 15.6. The summed E-state index contributed by atoms with van der Waals surface area (Å²) in [5, 5.41) is 7.42. The van der Waals surface area contributed by atoms with E-state index in [1.807, 2.05) is 18.2 Å². The molecule has 0 spiro atoms. The van der Waals surface area contributed by atoms with Gasteiger partial charge in [0.1, 0.15) is 0 Å². The first-order chi connectivity index (χ1) is 8.04. The molecule has 0 fully saturated rings. The van der Waals surface area contributed by atoms with Gasteiger partial charge in [0.2, 0.25) is 0 Å². The molecule has 17 heavy (non-hydrogen) atoms. The summed E-state index contributed by atoms with van der Waals surface area (Å²) in [6.07, 6.45) is 5.54. The molecule has 0 amide bonds. The molecule has 0 radical (unpaired) electrons. The van der Waals surface area contributed by atoms with E-state index in [1.165, 1.54) is 31.2 Å². The third-order valence-corrected chi connectivity index (χ3v) is 1.90. The zero-order valence-electron chi connectivity index (χ0n) is 11.6. The number of rotatable bonds is 3. The van der Waals surface area contributed by atoms with Crippen molar-refractivity contribution in [2.75, 3.05) is 0 Å². The van der Waals surface area contributed by atoms with Crippen molar-refractivity contribution in [3.05, 3.63) is 35.9 Å². The number of hydrogen-bond donors (Lipinski definition) is 1. The number of benzene rings is 1. The van der Waals surface area contributed by atoms with E-state index in [0.29, 0.717) is 0 Å². The van der Waals surface area contributed by atoms with Gasteiger partial charge in [0.25, 0.3) is 5.97 Å². The van der Waals surface area contributed by atoms with Gasteiger partial charge in [-0.2, -0.15) is 0 Å². The van der Waals surface area contributed by atoms with Gasteiger partial charge in [-0.3, -0.25) is 4.79 Å². The second-order valence-electron chi connectivity index (χ2n) is 3.88. The fraction of sp³-hybridized carbons (Fsp3) is 0.533. The Morgan fingerprint density at radius 1 is 1.06 bits per heavy atom. The standard InChI is InChI=1S/C7H8.C6H14.C2H4O2/c1-7-5-3-2-4-6-7;1-3-5-6-4-2;1-2(3)4/h2-6H,1H3;3-6H2,1-2H3;1H3,(H,3,4). The molecule has 2 heteroatoms. The Hall–Kier alpha value is -1.31. The van der Waals surface area contributed by atoms with Crippen LogP contribution >= 0.6 is 0 Å². The number of carboxylic acid groups (broad SMARTS) is 1. The molecule has 1 aromatic carbocycles. The van der Waals surface area contributed by atoms with Crippen LogP contribution in [0.25, 0.3) is 0 Å². The van der Waals surface area contributed by atoms with Gasteiger partial charge in [-0.1, -0.05) is 75.4 Å². The van der Waals surface area contributed by atoms with Gasteiger partial charge in [0.15, 0.2) is 0 Å². The van der Waals surface area contributed by atoms with Gasteiger partial charge in [0.05, 0.1) is 0 Å². The highest BCUT2D eigenvalue weighted by Gasteiger charge is 1.75. The van der Waals surface area contributed by atoms with Crippen LogP contribution in [-0.4, -0.2) is 11.1 Å². The summed E-state index contributed by atoms with van der Waals surface area (Å²) in [5.74, 6) is -0.833. The van der Waals surface area contributed by atoms with Crippen molar-refractivity contribution in [1.29, 1.82) is 0 Å². The summed E-state index contributed by atoms with van der Waals surface area (Å²) < 4.78 is 0. The van der Waals surface area contributed by atoms with E-state index >= 15 is 0 Å². The van der Waals surface area contributed by atoms with Crippen LogP contribution in [0.5, 0.6) is 0 Å². The van der Waals surface area contributed by atoms with E-state index in [0.717, 1.165) is 6.92 Å². The Labute approximate surface area is 106 Å². The van der Waals surface area contributed by atoms with Crippen molar-refractivity contribution < 1.29 is 9.90 Å². The summed E-state index contributed by atoms with van der Waals surface area (Å²) in [4.78, 5) is 9.00. The average Bonchev–Trinajstić information content (AvgIpc) is 2.27. The highest BCUT2D eigenvalue weighted by atomic mass is 16.4. The van der Waals surface area contributed by atoms with Crippen molar-refractivity contribution in [3.8, 4) is 0 Å². The molecule has 0 saturated carbocycles. The lowest BCUT2D eigenvalue weighted by molar-refractivity contribution is -0.134. The van der Waals surface area contributed by atoms with Gasteiger partial charge < -0.3 is 5.11 Å². The van der Waals surface area contributed by atoms with E-state index in [1.54, 1.807) is 0 Å². The molecule has 0 aliphatic carbocycles. The largest absolute Gasteiger partial charge is 0.481 e. The maximum absolute atomic E-state index is 9.00. The highest BCUT2D eigenvalue weighted by Crippen LogP contribution is 1.95. The van der Waals surface area contributed by atoms with E-state index in [9.17, 15) is 0 Å². The zero-order chi connectivity index (χ0) is 13.5. The van der Waals surface area contributed by atoms with E-state index in [-0.39, 0.29) is 0 Å². The van der Waals surface area contributed by atoms with E-state index < -0.39 is 5.97 Å². The molecule has 0 unspecified atom stereocenters. The van der Waals surface area contributed by atoms with Crippen molar-refractivity contribution in [2.45, 2.75) is 53.4 Å². The molecule has 1 aromatic rings. The predicted molar refractivity (Wildman–Crippen MR) is 74.3 cm³/mol. The SMILES string of the molecule is CC(=O)O.CCCCCC.Cc1ccccc1. The number of carbonyl (C=O) groups is 1. The lowest BCUT2D eigenvalue weighted by Crippen LogP contribution is -1.78. The quantitative estimate of drug-likeness (QED) is 0.777. The lowest BCUT2D eigenvalue weighted by atomic mass is 10.2. The van der Waals surface area contributed by atoms with Gasteiger partial charge >= 0.3 is 0 Å².